The van der Waals surface area contributed by atoms with Gasteiger partial charge >= 0.3 is 19.6 Å². The van der Waals surface area contributed by atoms with Gasteiger partial charge in [0.05, 0.1) is 12.1 Å². The van der Waals surface area contributed by atoms with Crippen molar-refractivity contribution in [2.24, 2.45) is 0 Å². The second kappa shape index (κ2) is 20.0. The minimum absolute atomic E-state index is 0.298. The van der Waals surface area contributed by atoms with Gasteiger partial charge in [-0.25, -0.2) is 13.6 Å². The number of hydrogen-bond acceptors (Lipinski definition) is 13. The van der Waals surface area contributed by atoms with Gasteiger partial charge in [-0.15, -0.1) is 20.4 Å². The molecule has 1 aliphatic heterocycles. The maximum absolute atomic E-state index is 13.8. The van der Waals surface area contributed by atoms with Crippen molar-refractivity contribution < 1.29 is 51.8 Å². The summed E-state index contributed by atoms with van der Waals surface area (Å²) in [6, 6.07) is 10.4. The number of aliphatic hydroxyl groups excluding tert-OH is 1. The van der Waals surface area contributed by atoms with E-state index in [4.69, 9.17) is 9.47 Å². The number of rotatable bonds is 9. The minimum atomic E-state index is -3.26. The van der Waals surface area contributed by atoms with E-state index in [1.807, 2.05) is 13.8 Å². The molecule has 0 saturated carbocycles. The molecule has 0 bridgehead atoms. The SMILES string of the molecule is CC(C)(C)OC(=O)N1[C@H](CF)[C@@H](c2ccc(B(O)O)cc2)OC1(C)C.Cc1nnc(-c2ccc([C@@H](O)[C@@H](CF)NC(=O)C(F)F)cc2)s1.Cc1nnc(Br)s1. The molecular weight excluding hydrogens is 835 g/mol. The van der Waals surface area contributed by atoms with Crippen molar-refractivity contribution in [1.29, 1.82) is 0 Å². The van der Waals surface area contributed by atoms with Crippen molar-refractivity contribution in [2.75, 3.05) is 13.3 Å². The number of halogens is 5. The Kier molecular flexibility index (Phi) is 16.7. The summed E-state index contributed by atoms with van der Waals surface area (Å²) < 4.78 is 63.4. The minimum Gasteiger partial charge on any atom is -0.444 e. The van der Waals surface area contributed by atoms with Crippen molar-refractivity contribution in [3.63, 3.8) is 0 Å². The van der Waals surface area contributed by atoms with E-state index in [1.165, 1.54) is 51.8 Å². The van der Waals surface area contributed by atoms with Crippen molar-refractivity contribution in [1.82, 2.24) is 30.6 Å². The number of ether oxygens (including phenoxy) is 2. The number of carbonyl (C=O) groups excluding carboxylic acids is 2. The molecule has 4 N–H and O–H groups in total. The average molecular weight is 878 g/mol. The van der Waals surface area contributed by atoms with Crippen LogP contribution < -0.4 is 10.8 Å². The second-order valence-corrected chi connectivity index (χ2v) is 17.1. The fraction of sp³-hybridized carbons (Fsp3) is 0.471. The van der Waals surface area contributed by atoms with Crippen LogP contribution in [0.1, 0.15) is 68.0 Å². The van der Waals surface area contributed by atoms with Crippen LogP contribution in [0.4, 0.5) is 22.4 Å². The molecule has 300 valence electrons. The molecule has 2 aromatic heterocycles. The molecule has 4 atom stereocenters. The van der Waals surface area contributed by atoms with E-state index >= 15 is 0 Å². The zero-order valence-corrected chi connectivity index (χ0v) is 34.1. The molecule has 55 heavy (non-hydrogen) atoms. The smallest absolute Gasteiger partial charge is 0.444 e. The summed E-state index contributed by atoms with van der Waals surface area (Å²) in [7, 11) is -1.58. The molecule has 2 amide bonds. The standard InChI is InChI=1S/C17H25BFNO5.C14H14F3N3O2S.C3H3BrN2S/c1-16(2,3)25-15(21)20-13(10-19)14(24-17(20,4)5)11-6-8-12(9-7-11)18(22)23;1-7-19-20-14(23-7)9-4-2-8(3-5-9)11(21)10(6-15)18-13(22)12(16)17;1-2-5-6-3(4)7-2/h6-9,13-14,22-23H,10H2,1-5H3;2-5,10-12,21H,6H2,1H3,(H,18,22);1H3/t13-,14-;10-,11-;/m11./s1. The van der Waals surface area contributed by atoms with Crippen LogP contribution in [-0.2, 0) is 14.3 Å². The largest absolute Gasteiger partial charge is 0.488 e. The van der Waals surface area contributed by atoms with E-state index in [9.17, 15) is 42.3 Å². The monoisotopic (exact) mass is 876 g/mol. The molecular formula is C34H42BBrF4N6O7S2. The quantitative estimate of drug-likeness (QED) is 0.121. The lowest BCUT2D eigenvalue weighted by Crippen LogP contribution is -2.50. The third-order valence-corrected chi connectivity index (χ3v) is 9.75. The van der Waals surface area contributed by atoms with Crippen LogP contribution in [0.15, 0.2) is 52.4 Å². The predicted molar refractivity (Wildman–Crippen MR) is 203 cm³/mol. The Morgan fingerprint density at radius 3 is 2.00 bits per heavy atom. The first-order valence-electron chi connectivity index (χ1n) is 16.6. The molecule has 13 nitrogen and oxygen atoms in total. The van der Waals surface area contributed by atoms with Crippen molar-refractivity contribution >= 4 is 63.2 Å². The Balaban J connectivity index is 0.000000251. The predicted octanol–water partition coefficient (Wildman–Crippen LogP) is 5.62. The zero-order valence-electron chi connectivity index (χ0n) is 30.9. The number of carbonyl (C=O) groups is 2. The Morgan fingerprint density at radius 2 is 1.58 bits per heavy atom. The van der Waals surface area contributed by atoms with Gasteiger partial charge in [0.15, 0.2) is 3.92 Å². The van der Waals surface area contributed by atoms with Crippen molar-refractivity contribution in [3.8, 4) is 10.6 Å². The topological polar surface area (TPSA) is 180 Å². The normalized spacial score (nSPS) is 17.3. The zero-order chi connectivity index (χ0) is 41.2. The second-order valence-electron chi connectivity index (χ2n) is 13.4. The van der Waals surface area contributed by atoms with Gasteiger partial charge in [0, 0.05) is 5.56 Å². The molecule has 0 unspecified atom stereocenters. The van der Waals surface area contributed by atoms with Crippen LogP contribution in [0.2, 0.25) is 0 Å². The lowest BCUT2D eigenvalue weighted by Gasteiger charge is -2.34. The van der Waals surface area contributed by atoms with Crippen LogP contribution in [0.5, 0.6) is 0 Å². The summed E-state index contributed by atoms with van der Waals surface area (Å²) in [5.41, 5.74) is 0.282. The number of nitrogens with zero attached hydrogens (tertiary/aromatic N) is 5. The number of hydrogen-bond donors (Lipinski definition) is 4. The molecule has 5 rings (SSSR count). The van der Waals surface area contributed by atoms with E-state index in [0.29, 0.717) is 21.6 Å². The van der Waals surface area contributed by atoms with Crippen LogP contribution in [0, 0.1) is 13.8 Å². The van der Waals surface area contributed by atoms with Crippen molar-refractivity contribution in [3.05, 3.63) is 73.6 Å². The molecule has 4 aromatic rings. The molecule has 0 radical (unpaired) electrons. The van der Waals surface area contributed by atoms with E-state index in [0.717, 1.165) is 19.5 Å². The van der Waals surface area contributed by atoms with E-state index in [-0.39, 0.29) is 0 Å². The Hall–Kier alpha value is -3.60. The summed E-state index contributed by atoms with van der Waals surface area (Å²) in [5.74, 6) is -1.62. The molecule has 0 spiro atoms. The molecule has 21 heteroatoms. The van der Waals surface area contributed by atoms with Gasteiger partial charge in [0.1, 0.15) is 51.9 Å². The maximum atomic E-state index is 13.8. The van der Waals surface area contributed by atoms with E-state index in [2.05, 4.69) is 36.3 Å². The van der Waals surface area contributed by atoms with Gasteiger partial charge < -0.3 is 29.9 Å². The summed E-state index contributed by atoms with van der Waals surface area (Å²) in [6.45, 7) is 10.4. The highest BCUT2D eigenvalue weighted by Crippen LogP contribution is 2.42. The van der Waals surface area contributed by atoms with Gasteiger partial charge in [-0.05, 0) is 81.0 Å². The maximum Gasteiger partial charge on any atom is 0.488 e. The lowest BCUT2D eigenvalue weighted by molar-refractivity contribution is -0.133. The lowest BCUT2D eigenvalue weighted by atomic mass is 9.80. The number of benzene rings is 2. The highest BCUT2D eigenvalue weighted by molar-refractivity contribution is 9.11. The van der Waals surface area contributed by atoms with Crippen LogP contribution in [0.3, 0.4) is 0 Å². The van der Waals surface area contributed by atoms with Crippen LogP contribution in [-0.4, -0.2) is 103 Å². The number of nitrogens with one attached hydrogen (secondary N) is 1. The van der Waals surface area contributed by atoms with Gasteiger partial charge in [0.25, 0.3) is 5.91 Å². The third-order valence-electron chi connectivity index (χ3n) is 7.59. The molecule has 1 saturated heterocycles. The Labute approximate surface area is 332 Å². The fourth-order valence-corrected chi connectivity index (χ4v) is 7.02. The van der Waals surface area contributed by atoms with Gasteiger partial charge in [0.2, 0.25) is 0 Å². The van der Waals surface area contributed by atoms with Gasteiger partial charge in [-0.2, -0.15) is 8.78 Å². The van der Waals surface area contributed by atoms with Crippen molar-refractivity contribution in [2.45, 2.75) is 90.5 Å². The molecule has 3 heterocycles. The van der Waals surface area contributed by atoms with E-state index < -0.39 is 74.5 Å². The van der Waals surface area contributed by atoms with Crippen LogP contribution in [0.25, 0.3) is 10.6 Å². The summed E-state index contributed by atoms with van der Waals surface area (Å²) in [6.07, 6.45) is -6.02. The first-order valence-corrected chi connectivity index (χ1v) is 19.0. The highest BCUT2D eigenvalue weighted by Gasteiger charge is 2.51. The molecule has 0 aliphatic carbocycles. The number of amides is 2. The van der Waals surface area contributed by atoms with Gasteiger partial charge in [-0.1, -0.05) is 71.2 Å². The summed E-state index contributed by atoms with van der Waals surface area (Å²) in [5, 5.41) is 48.0. The van der Waals surface area contributed by atoms with E-state index in [1.54, 1.807) is 64.2 Å². The first kappa shape index (κ1) is 45.8. The number of aromatic nitrogens is 4. The number of aryl methyl sites for hydroxylation is 2. The molecule has 2 aromatic carbocycles. The molecule has 1 fully saturated rings. The van der Waals surface area contributed by atoms with Gasteiger partial charge in [-0.3, -0.25) is 9.69 Å². The summed E-state index contributed by atoms with van der Waals surface area (Å²) >= 11 is 6.11. The third kappa shape index (κ3) is 13.3. The van der Waals surface area contributed by atoms with Crippen LogP contribution >= 0.6 is 38.6 Å². The Morgan fingerprint density at radius 1 is 1.00 bits per heavy atom. The first-order chi connectivity index (χ1) is 25.7. The Bertz CT molecular complexity index is 1820. The molecule has 1 aliphatic rings. The highest BCUT2D eigenvalue weighted by atomic mass is 79.9. The average Bonchev–Trinajstić information content (AvgIpc) is 3.81. The number of aliphatic hydroxyl groups is 1. The fourth-order valence-electron chi connectivity index (χ4n) is 5.13. The summed E-state index contributed by atoms with van der Waals surface area (Å²) in [4.78, 5) is 24.8. The number of alkyl halides is 4.